The fraction of sp³-hybridized carbons (Fsp3) is 0.326. The number of ether oxygens (including phenoxy) is 4. The number of morpholine rings is 2. The molecule has 4 aliphatic rings. The lowest BCUT2D eigenvalue weighted by Gasteiger charge is -2.40. The molecule has 0 spiro atoms. The van der Waals surface area contributed by atoms with Gasteiger partial charge in [-0.25, -0.2) is 0 Å². The monoisotopic (exact) mass is 703 g/mol. The molecule has 0 saturated carbocycles. The van der Waals surface area contributed by atoms with Crippen LogP contribution >= 0.6 is 0 Å². The van der Waals surface area contributed by atoms with Crippen molar-refractivity contribution in [3.05, 3.63) is 124 Å². The van der Waals surface area contributed by atoms with Crippen molar-refractivity contribution in [1.29, 1.82) is 5.26 Å². The van der Waals surface area contributed by atoms with Crippen LogP contribution in [0, 0.1) is 11.3 Å². The van der Waals surface area contributed by atoms with Crippen LogP contribution in [0.1, 0.15) is 60.1 Å². The third kappa shape index (κ3) is 5.22. The van der Waals surface area contributed by atoms with Gasteiger partial charge in [-0.05, 0) is 101 Å². The standard InChI is InChI=1S/C46H45N3O4/c1-4-45(5-2)41-28-31(30-47)6-16-38(41)42-37-17-15-36(50-3)29-40(37)44-39(43(42)45)18-19-46(53-44,32-7-11-34(12-8-32)48-20-24-51-25-21-48)33-9-13-35(14-10-33)49-22-26-52-27-23-49/h6-19,28-29H,4-5,20-27H2,1-3H3. The predicted octanol–water partition coefficient (Wildman–Crippen LogP) is 8.83. The molecule has 7 heteroatoms. The largest absolute Gasteiger partial charge is 0.497 e. The van der Waals surface area contributed by atoms with E-state index in [9.17, 15) is 5.26 Å². The van der Waals surface area contributed by atoms with Crippen molar-refractivity contribution < 1.29 is 18.9 Å². The lowest BCUT2D eigenvalue weighted by molar-refractivity contribution is 0.122. The molecule has 2 saturated heterocycles. The molecule has 7 nitrogen and oxygen atoms in total. The van der Waals surface area contributed by atoms with Crippen molar-refractivity contribution >= 4 is 28.2 Å². The summed E-state index contributed by atoms with van der Waals surface area (Å²) in [5.41, 5.74) is 10.1. The van der Waals surface area contributed by atoms with E-state index in [4.69, 9.17) is 18.9 Å². The third-order valence-electron chi connectivity index (χ3n) is 12.2. The third-order valence-corrected chi connectivity index (χ3v) is 12.2. The number of fused-ring (bicyclic) bond motifs is 8. The topological polar surface area (TPSA) is 67.2 Å². The minimum atomic E-state index is -0.898. The molecule has 53 heavy (non-hydrogen) atoms. The first kappa shape index (κ1) is 33.5. The van der Waals surface area contributed by atoms with E-state index in [0.29, 0.717) is 5.56 Å². The first-order valence-corrected chi connectivity index (χ1v) is 19.0. The molecule has 9 rings (SSSR count). The molecular formula is C46H45N3O4. The first-order valence-electron chi connectivity index (χ1n) is 19.0. The molecule has 5 aromatic carbocycles. The zero-order chi connectivity index (χ0) is 36.2. The Balaban J connectivity index is 1.27. The van der Waals surface area contributed by atoms with Gasteiger partial charge in [-0.3, -0.25) is 0 Å². The SMILES string of the molecule is CCC1(CC)c2cc(C#N)ccc2-c2c1c1c(c3cc(OC)ccc23)OC(c2ccc(N3CCOCC3)cc2)(c2ccc(N3CCOCC3)cc2)C=C1. The van der Waals surface area contributed by atoms with Gasteiger partial charge in [0, 0.05) is 65.0 Å². The summed E-state index contributed by atoms with van der Waals surface area (Å²) in [5.74, 6) is 1.64. The average Bonchev–Trinajstić information content (AvgIpc) is 3.54. The normalized spacial score (nSPS) is 18.2. The Morgan fingerprint density at radius 3 is 1.89 bits per heavy atom. The highest BCUT2D eigenvalue weighted by molar-refractivity contribution is 6.09. The van der Waals surface area contributed by atoms with Crippen LogP contribution < -0.4 is 19.3 Å². The molecule has 0 atom stereocenters. The van der Waals surface area contributed by atoms with Crippen LogP contribution in [-0.2, 0) is 20.5 Å². The molecule has 0 aromatic heterocycles. The van der Waals surface area contributed by atoms with Gasteiger partial charge in [0.15, 0.2) is 5.60 Å². The number of nitriles is 1. The van der Waals surface area contributed by atoms with E-state index in [1.807, 2.05) is 6.07 Å². The molecule has 2 fully saturated rings. The average molecular weight is 704 g/mol. The van der Waals surface area contributed by atoms with Gasteiger partial charge in [-0.1, -0.05) is 50.3 Å². The molecule has 0 N–H and O–H groups in total. The van der Waals surface area contributed by atoms with Gasteiger partial charge in [0.05, 0.1) is 45.2 Å². The lowest BCUT2D eigenvalue weighted by atomic mass is 9.71. The maximum absolute atomic E-state index is 9.97. The van der Waals surface area contributed by atoms with Crippen molar-refractivity contribution in [2.75, 3.05) is 69.5 Å². The van der Waals surface area contributed by atoms with Crippen LogP contribution in [0.4, 0.5) is 11.4 Å². The van der Waals surface area contributed by atoms with Gasteiger partial charge in [-0.15, -0.1) is 0 Å². The van der Waals surface area contributed by atoms with Crippen molar-refractivity contribution in [3.63, 3.8) is 0 Å². The van der Waals surface area contributed by atoms with Crippen LogP contribution in [0.15, 0.2) is 91.0 Å². The quantitative estimate of drug-likeness (QED) is 0.168. The zero-order valence-corrected chi connectivity index (χ0v) is 30.8. The Morgan fingerprint density at radius 2 is 1.34 bits per heavy atom. The number of methoxy groups -OCH3 is 1. The minimum Gasteiger partial charge on any atom is -0.497 e. The summed E-state index contributed by atoms with van der Waals surface area (Å²) >= 11 is 0. The minimum absolute atomic E-state index is 0.275. The highest BCUT2D eigenvalue weighted by Gasteiger charge is 2.47. The molecule has 268 valence electrons. The summed E-state index contributed by atoms with van der Waals surface area (Å²) in [7, 11) is 1.72. The van der Waals surface area contributed by atoms with E-state index in [-0.39, 0.29) is 5.41 Å². The van der Waals surface area contributed by atoms with E-state index >= 15 is 0 Å². The highest BCUT2D eigenvalue weighted by atomic mass is 16.5. The van der Waals surface area contributed by atoms with Gasteiger partial charge in [-0.2, -0.15) is 5.26 Å². The first-order chi connectivity index (χ1) is 26.0. The second kappa shape index (κ2) is 13.3. The van der Waals surface area contributed by atoms with Crippen molar-refractivity contribution in [1.82, 2.24) is 0 Å². The number of hydrogen-bond acceptors (Lipinski definition) is 7. The van der Waals surface area contributed by atoms with Crippen LogP contribution in [-0.4, -0.2) is 59.7 Å². The highest BCUT2D eigenvalue weighted by Crippen LogP contribution is 2.60. The second-order valence-corrected chi connectivity index (χ2v) is 14.5. The van der Waals surface area contributed by atoms with Gasteiger partial charge < -0.3 is 28.7 Å². The lowest BCUT2D eigenvalue weighted by Crippen LogP contribution is -2.37. The summed E-state index contributed by atoms with van der Waals surface area (Å²) in [6, 6.07) is 32.8. The molecule has 1 aliphatic carbocycles. The smallest absolute Gasteiger partial charge is 0.178 e. The summed E-state index contributed by atoms with van der Waals surface area (Å²) in [5, 5.41) is 12.1. The van der Waals surface area contributed by atoms with Crippen LogP contribution in [0.3, 0.4) is 0 Å². The Hall–Kier alpha value is -5.29. The molecule has 0 amide bonds. The Bertz CT molecular complexity index is 2190. The number of rotatable bonds is 7. The van der Waals surface area contributed by atoms with Gasteiger partial charge in [0.2, 0.25) is 0 Å². The van der Waals surface area contributed by atoms with Gasteiger partial charge in [0.25, 0.3) is 0 Å². The van der Waals surface area contributed by atoms with Crippen LogP contribution in [0.2, 0.25) is 0 Å². The fourth-order valence-electron chi connectivity index (χ4n) is 9.33. The number of benzene rings is 5. The Morgan fingerprint density at radius 1 is 0.736 bits per heavy atom. The summed E-state index contributed by atoms with van der Waals surface area (Å²) < 4.78 is 24.8. The van der Waals surface area contributed by atoms with Crippen LogP contribution in [0.5, 0.6) is 11.5 Å². The predicted molar refractivity (Wildman–Crippen MR) is 211 cm³/mol. The number of nitrogens with zero attached hydrogens (tertiary/aromatic N) is 3. The molecule has 0 unspecified atom stereocenters. The molecule has 3 heterocycles. The van der Waals surface area contributed by atoms with E-state index in [1.54, 1.807) is 7.11 Å². The second-order valence-electron chi connectivity index (χ2n) is 14.5. The molecule has 0 radical (unpaired) electrons. The number of anilines is 2. The van der Waals surface area contributed by atoms with E-state index in [0.717, 1.165) is 104 Å². The van der Waals surface area contributed by atoms with Gasteiger partial charge >= 0.3 is 0 Å². The Labute approximate surface area is 312 Å². The summed E-state index contributed by atoms with van der Waals surface area (Å²) in [6.07, 6.45) is 6.39. The van der Waals surface area contributed by atoms with Crippen LogP contribution in [0.25, 0.3) is 28.0 Å². The summed E-state index contributed by atoms with van der Waals surface area (Å²) in [4.78, 5) is 4.77. The maximum Gasteiger partial charge on any atom is 0.178 e. The molecule has 5 aromatic rings. The van der Waals surface area contributed by atoms with E-state index < -0.39 is 5.60 Å². The molecular weight excluding hydrogens is 659 g/mol. The van der Waals surface area contributed by atoms with Crippen molar-refractivity contribution in [2.45, 2.75) is 37.7 Å². The molecule has 3 aliphatic heterocycles. The maximum atomic E-state index is 9.97. The molecule has 0 bridgehead atoms. The van der Waals surface area contributed by atoms with Crippen molar-refractivity contribution in [2.24, 2.45) is 0 Å². The summed E-state index contributed by atoms with van der Waals surface area (Å²) in [6.45, 7) is 11.0. The van der Waals surface area contributed by atoms with E-state index in [2.05, 4.69) is 121 Å². The Kier molecular flexibility index (Phi) is 8.41. The van der Waals surface area contributed by atoms with E-state index in [1.165, 1.54) is 33.6 Å². The zero-order valence-electron chi connectivity index (χ0n) is 30.8. The number of hydrogen-bond donors (Lipinski definition) is 0. The van der Waals surface area contributed by atoms with Gasteiger partial charge in [0.1, 0.15) is 11.5 Å². The fourth-order valence-corrected chi connectivity index (χ4v) is 9.33. The van der Waals surface area contributed by atoms with Crippen molar-refractivity contribution in [3.8, 4) is 28.7 Å².